The van der Waals surface area contributed by atoms with E-state index in [2.05, 4.69) is 216 Å². The molecule has 1 spiro atoms. The van der Waals surface area contributed by atoms with Gasteiger partial charge in [0, 0.05) is 50.6 Å². The summed E-state index contributed by atoms with van der Waals surface area (Å²) in [4.78, 5) is 4.73. The minimum absolute atomic E-state index is 0.632. The van der Waals surface area contributed by atoms with Crippen molar-refractivity contribution in [1.82, 2.24) is 0 Å². The average molecular weight is 691 g/mol. The van der Waals surface area contributed by atoms with Crippen molar-refractivity contribution in [3.05, 3.63) is 229 Å². The highest BCUT2D eigenvalue weighted by atomic mass is 16.3. The summed E-state index contributed by atoms with van der Waals surface area (Å²) in [6, 6.07) is 74.2. The van der Waals surface area contributed by atoms with E-state index in [4.69, 9.17) is 4.42 Å². The first-order valence-corrected chi connectivity index (χ1v) is 18.5. The Balaban J connectivity index is 1.23. The van der Waals surface area contributed by atoms with Gasteiger partial charge in [-0.3, -0.25) is 0 Å². The van der Waals surface area contributed by atoms with Crippen molar-refractivity contribution in [1.29, 1.82) is 0 Å². The molecule has 3 heteroatoms. The third-order valence-corrected chi connectivity index (χ3v) is 11.2. The van der Waals surface area contributed by atoms with Crippen molar-refractivity contribution in [3.63, 3.8) is 0 Å². The van der Waals surface area contributed by atoms with Crippen molar-refractivity contribution in [2.75, 3.05) is 9.80 Å². The van der Waals surface area contributed by atoms with Crippen LogP contribution in [0.4, 0.5) is 34.1 Å². The molecule has 3 nitrogen and oxygen atoms in total. The van der Waals surface area contributed by atoms with Crippen LogP contribution < -0.4 is 9.80 Å². The second-order valence-electron chi connectivity index (χ2n) is 14.1. The predicted octanol–water partition coefficient (Wildman–Crippen LogP) is 13.7. The fraction of sp³-hybridized carbons (Fsp3) is 0.0196. The predicted molar refractivity (Wildman–Crippen MR) is 222 cm³/mol. The molecule has 1 aromatic heterocycles. The Morgan fingerprint density at radius 1 is 0.333 bits per heavy atom. The van der Waals surface area contributed by atoms with Crippen LogP contribution in [-0.2, 0) is 5.41 Å². The standard InChI is InChI=1S/C51H34N2O/c1-5-17-35(18-6-1)52(36-19-7-2-8-20-36)39-29-31-41-42-32-30-40(53(37-21-9-3-10-22-37)38-23-11-4-12-24-38)34-47(42)51(46(41)33-39)45-27-15-13-25-43(45)50-49(51)44-26-14-16-28-48(44)54-50/h1-34H. The van der Waals surface area contributed by atoms with E-state index in [0.29, 0.717) is 0 Å². The van der Waals surface area contributed by atoms with Crippen LogP contribution in [0.1, 0.15) is 22.3 Å². The van der Waals surface area contributed by atoms with Crippen LogP contribution in [0.3, 0.4) is 0 Å². The van der Waals surface area contributed by atoms with Crippen LogP contribution in [0, 0.1) is 0 Å². The van der Waals surface area contributed by atoms with Crippen molar-refractivity contribution >= 4 is 45.1 Å². The summed E-state index contributed by atoms with van der Waals surface area (Å²) in [6.45, 7) is 0. The number of furan rings is 1. The Bertz CT molecular complexity index is 2610. The highest BCUT2D eigenvalue weighted by Gasteiger charge is 2.54. The SMILES string of the molecule is c1ccc(N(c2ccccc2)c2ccc3c(c2)C2(c4cc(N(c5ccccc5)c5ccccc5)ccc4-3)c3ccccc3-c3oc4ccccc4c32)cc1. The van der Waals surface area contributed by atoms with Gasteiger partial charge in [0.25, 0.3) is 0 Å². The van der Waals surface area contributed by atoms with Gasteiger partial charge in [0.1, 0.15) is 11.3 Å². The summed E-state index contributed by atoms with van der Waals surface area (Å²) in [5.41, 5.74) is 15.5. The smallest absolute Gasteiger partial charge is 0.140 e. The van der Waals surface area contributed by atoms with Crippen LogP contribution in [0.25, 0.3) is 33.4 Å². The van der Waals surface area contributed by atoms with E-state index in [9.17, 15) is 0 Å². The molecule has 54 heavy (non-hydrogen) atoms. The molecule has 1 heterocycles. The second-order valence-corrected chi connectivity index (χ2v) is 14.1. The number of para-hydroxylation sites is 5. The number of rotatable bonds is 6. The molecule has 254 valence electrons. The third kappa shape index (κ3) is 4.36. The van der Waals surface area contributed by atoms with Gasteiger partial charge in [-0.1, -0.05) is 127 Å². The fourth-order valence-corrected chi connectivity index (χ4v) is 9.09. The quantitative estimate of drug-likeness (QED) is 0.173. The molecule has 11 rings (SSSR count). The Kier molecular flexibility index (Phi) is 6.77. The molecule has 0 radical (unpaired) electrons. The molecule has 2 aliphatic carbocycles. The van der Waals surface area contributed by atoms with Gasteiger partial charge in [-0.25, -0.2) is 0 Å². The maximum Gasteiger partial charge on any atom is 0.140 e. The number of hydrogen-bond acceptors (Lipinski definition) is 3. The maximum atomic E-state index is 6.87. The van der Waals surface area contributed by atoms with Crippen molar-refractivity contribution in [2.45, 2.75) is 5.41 Å². The summed E-state index contributed by atoms with van der Waals surface area (Å²) >= 11 is 0. The number of hydrogen-bond donors (Lipinski definition) is 0. The highest BCUT2D eigenvalue weighted by molar-refractivity contribution is 6.03. The monoisotopic (exact) mass is 690 g/mol. The topological polar surface area (TPSA) is 19.6 Å². The molecule has 0 N–H and O–H groups in total. The summed E-state index contributed by atoms with van der Waals surface area (Å²) < 4.78 is 6.87. The number of fused-ring (bicyclic) bond motifs is 12. The lowest BCUT2D eigenvalue weighted by atomic mass is 9.70. The van der Waals surface area contributed by atoms with Gasteiger partial charge < -0.3 is 14.2 Å². The zero-order valence-electron chi connectivity index (χ0n) is 29.4. The van der Waals surface area contributed by atoms with Crippen LogP contribution >= 0.6 is 0 Å². The molecule has 8 aromatic carbocycles. The molecule has 0 bridgehead atoms. The first kappa shape index (κ1) is 30.5. The Morgan fingerprint density at radius 2 is 0.759 bits per heavy atom. The average Bonchev–Trinajstić information content (AvgIpc) is 3.86. The number of benzene rings is 8. The molecule has 0 saturated heterocycles. The second kappa shape index (κ2) is 12.0. The van der Waals surface area contributed by atoms with E-state index in [-0.39, 0.29) is 0 Å². The summed E-state index contributed by atoms with van der Waals surface area (Å²) in [6.07, 6.45) is 0. The lowest BCUT2D eigenvalue weighted by Gasteiger charge is -2.33. The van der Waals surface area contributed by atoms with Gasteiger partial charge in [-0.05, 0) is 107 Å². The van der Waals surface area contributed by atoms with E-state index >= 15 is 0 Å². The van der Waals surface area contributed by atoms with Crippen LogP contribution in [-0.4, -0.2) is 0 Å². The summed E-state index contributed by atoms with van der Waals surface area (Å²) in [7, 11) is 0. The molecule has 2 aliphatic rings. The van der Waals surface area contributed by atoms with E-state index < -0.39 is 5.41 Å². The van der Waals surface area contributed by atoms with Crippen molar-refractivity contribution in [2.24, 2.45) is 0 Å². The molecule has 0 fully saturated rings. The van der Waals surface area contributed by atoms with Crippen LogP contribution in [0.2, 0.25) is 0 Å². The Hall–Kier alpha value is -7.10. The van der Waals surface area contributed by atoms with E-state index in [1.54, 1.807) is 0 Å². The Morgan fingerprint density at radius 3 is 1.26 bits per heavy atom. The molecule has 0 saturated carbocycles. The van der Waals surface area contributed by atoms with Crippen LogP contribution in [0.5, 0.6) is 0 Å². The van der Waals surface area contributed by atoms with Gasteiger partial charge in [-0.2, -0.15) is 0 Å². The first-order valence-electron chi connectivity index (χ1n) is 18.5. The summed E-state index contributed by atoms with van der Waals surface area (Å²) in [5, 5.41) is 1.14. The highest BCUT2D eigenvalue weighted by Crippen LogP contribution is 2.66. The molecule has 0 atom stereocenters. The minimum Gasteiger partial charge on any atom is -0.456 e. The lowest BCUT2D eigenvalue weighted by Crippen LogP contribution is -2.26. The fourth-order valence-electron chi connectivity index (χ4n) is 9.09. The van der Waals surface area contributed by atoms with Gasteiger partial charge in [0.15, 0.2) is 0 Å². The van der Waals surface area contributed by atoms with Gasteiger partial charge >= 0.3 is 0 Å². The van der Waals surface area contributed by atoms with E-state index in [1.165, 1.54) is 33.4 Å². The molecule has 0 amide bonds. The third-order valence-electron chi connectivity index (χ3n) is 11.2. The molecule has 0 unspecified atom stereocenters. The van der Waals surface area contributed by atoms with Crippen molar-refractivity contribution < 1.29 is 4.42 Å². The maximum absolute atomic E-state index is 6.87. The molecular formula is C51H34N2O. The molecule has 9 aromatic rings. The van der Waals surface area contributed by atoms with Crippen molar-refractivity contribution in [3.8, 4) is 22.5 Å². The summed E-state index contributed by atoms with van der Waals surface area (Å²) in [5.74, 6) is 0.951. The molecule has 0 aliphatic heterocycles. The number of nitrogens with zero attached hydrogens (tertiary/aromatic N) is 2. The first-order chi connectivity index (χ1) is 26.8. The number of anilines is 6. The minimum atomic E-state index is -0.632. The largest absolute Gasteiger partial charge is 0.456 e. The van der Waals surface area contributed by atoms with E-state index in [1.807, 2.05) is 0 Å². The van der Waals surface area contributed by atoms with Gasteiger partial charge in [-0.15, -0.1) is 0 Å². The van der Waals surface area contributed by atoms with Gasteiger partial charge in [0.2, 0.25) is 0 Å². The van der Waals surface area contributed by atoms with Gasteiger partial charge in [0.05, 0.1) is 5.41 Å². The Labute approximate surface area is 314 Å². The lowest BCUT2D eigenvalue weighted by molar-refractivity contribution is 0.628. The zero-order valence-corrected chi connectivity index (χ0v) is 29.4. The normalized spacial score (nSPS) is 13.0. The van der Waals surface area contributed by atoms with Crippen LogP contribution in [0.15, 0.2) is 211 Å². The van der Waals surface area contributed by atoms with E-state index in [0.717, 1.165) is 56.4 Å². The molecular weight excluding hydrogens is 657 g/mol. The zero-order chi connectivity index (χ0) is 35.6.